The number of ether oxygens (including phenoxy) is 2. The molecule has 1 fully saturated rings. The molecule has 4 rings (SSSR count). The van der Waals surface area contributed by atoms with Crippen LogP contribution in [0.4, 0.5) is 5.69 Å². The van der Waals surface area contributed by atoms with Crippen LogP contribution in [0, 0.1) is 0 Å². The molecule has 9 nitrogen and oxygen atoms in total. The van der Waals surface area contributed by atoms with Gasteiger partial charge in [0.15, 0.2) is 5.69 Å². The van der Waals surface area contributed by atoms with Gasteiger partial charge in [0.2, 0.25) is 10.0 Å². The van der Waals surface area contributed by atoms with Gasteiger partial charge in [-0.25, -0.2) is 8.42 Å². The largest absolute Gasteiger partial charge is 0.489 e. The molecule has 0 bridgehead atoms. The van der Waals surface area contributed by atoms with Crippen LogP contribution in [-0.4, -0.2) is 61.2 Å². The lowest BCUT2D eigenvalue weighted by molar-refractivity contribution is 0.0730. The molecule has 31 heavy (non-hydrogen) atoms. The van der Waals surface area contributed by atoms with Crippen LogP contribution in [0.3, 0.4) is 0 Å². The first kappa shape index (κ1) is 21.3. The molecule has 1 aliphatic rings. The van der Waals surface area contributed by atoms with Gasteiger partial charge in [-0.05, 0) is 38.1 Å². The zero-order valence-electron chi connectivity index (χ0n) is 17.3. The van der Waals surface area contributed by atoms with Crippen LogP contribution in [-0.2, 0) is 14.8 Å². The summed E-state index contributed by atoms with van der Waals surface area (Å²) in [6.07, 6.45) is -0.163. The molecule has 0 aliphatic carbocycles. The van der Waals surface area contributed by atoms with Crippen LogP contribution in [0.5, 0.6) is 5.75 Å². The second-order valence-corrected chi connectivity index (χ2v) is 9.35. The summed E-state index contributed by atoms with van der Waals surface area (Å²) in [4.78, 5) is 13.0. The topological polar surface area (TPSA) is 114 Å². The summed E-state index contributed by atoms with van der Waals surface area (Å²) >= 11 is 0. The molecule has 1 aromatic heterocycles. The number of fused-ring (bicyclic) bond motifs is 1. The predicted molar refractivity (Wildman–Crippen MR) is 116 cm³/mol. The molecule has 0 spiro atoms. The summed E-state index contributed by atoms with van der Waals surface area (Å²) in [6.45, 7) is 4.98. The number of H-pyrrole nitrogens is 1. The van der Waals surface area contributed by atoms with E-state index in [9.17, 15) is 13.2 Å². The number of rotatable bonds is 6. The van der Waals surface area contributed by atoms with Crippen LogP contribution < -0.4 is 10.1 Å². The van der Waals surface area contributed by atoms with E-state index in [4.69, 9.17) is 9.47 Å². The Balaban J connectivity index is 1.68. The van der Waals surface area contributed by atoms with E-state index in [0.717, 1.165) is 5.52 Å². The van der Waals surface area contributed by atoms with Crippen molar-refractivity contribution in [3.05, 3.63) is 48.2 Å². The Kier molecular flexibility index (Phi) is 5.94. The van der Waals surface area contributed by atoms with E-state index in [1.807, 2.05) is 32.0 Å². The number of hydrogen-bond acceptors (Lipinski definition) is 6. The number of amides is 1. The van der Waals surface area contributed by atoms with Gasteiger partial charge in [0.05, 0.1) is 35.4 Å². The number of aromatic nitrogens is 2. The number of sulfonamides is 1. The highest BCUT2D eigenvalue weighted by molar-refractivity contribution is 7.89. The fourth-order valence-corrected chi connectivity index (χ4v) is 4.81. The first-order valence-electron chi connectivity index (χ1n) is 9.99. The van der Waals surface area contributed by atoms with E-state index in [2.05, 4.69) is 15.5 Å². The van der Waals surface area contributed by atoms with Gasteiger partial charge in [-0.15, -0.1) is 0 Å². The van der Waals surface area contributed by atoms with Gasteiger partial charge in [-0.3, -0.25) is 9.89 Å². The minimum Gasteiger partial charge on any atom is -0.489 e. The molecule has 1 amide bonds. The molecule has 0 unspecified atom stereocenters. The number of anilines is 1. The third-order valence-electron chi connectivity index (χ3n) is 4.86. The van der Waals surface area contributed by atoms with Crippen molar-refractivity contribution in [3.8, 4) is 5.75 Å². The van der Waals surface area contributed by atoms with Gasteiger partial charge < -0.3 is 14.8 Å². The monoisotopic (exact) mass is 444 g/mol. The zero-order valence-corrected chi connectivity index (χ0v) is 18.1. The summed E-state index contributed by atoms with van der Waals surface area (Å²) in [5.74, 6) is -0.0869. The molecule has 3 aromatic rings. The van der Waals surface area contributed by atoms with E-state index >= 15 is 0 Å². The lowest BCUT2D eigenvalue weighted by Gasteiger charge is -2.26. The molecule has 1 saturated heterocycles. The standard InChI is InChI=1S/C21H24N4O5S/c1-14(2)30-19-8-7-15(31(27,28)25-9-11-29-12-10-25)13-18(19)22-21(26)20-16-5-3-4-6-17(16)23-24-20/h3-8,13-14H,9-12H2,1-2H3,(H,22,26)(H,23,24). The first-order valence-corrected chi connectivity index (χ1v) is 11.4. The maximum absolute atomic E-state index is 13.1. The Labute approximate surface area is 180 Å². The highest BCUT2D eigenvalue weighted by atomic mass is 32.2. The quantitative estimate of drug-likeness (QED) is 0.604. The van der Waals surface area contributed by atoms with Crippen LogP contribution in [0.15, 0.2) is 47.4 Å². The minimum atomic E-state index is -3.73. The third kappa shape index (κ3) is 4.41. The number of para-hydroxylation sites is 1. The van der Waals surface area contributed by atoms with E-state index in [0.29, 0.717) is 24.3 Å². The first-order chi connectivity index (χ1) is 14.9. The molecular formula is C21H24N4O5S. The summed E-state index contributed by atoms with van der Waals surface area (Å²) < 4.78 is 38.5. The Morgan fingerprint density at radius 2 is 1.94 bits per heavy atom. The maximum atomic E-state index is 13.1. The Morgan fingerprint density at radius 3 is 2.68 bits per heavy atom. The van der Waals surface area contributed by atoms with E-state index in [1.165, 1.54) is 16.4 Å². The summed E-state index contributed by atoms with van der Waals surface area (Å²) in [6, 6.07) is 11.7. The number of aromatic amines is 1. The van der Waals surface area contributed by atoms with Gasteiger partial charge in [0.25, 0.3) is 5.91 Å². The van der Waals surface area contributed by atoms with Gasteiger partial charge in [-0.1, -0.05) is 18.2 Å². The summed E-state index contributed by atoms with van der Waals surface area (Å²) in [7, 11) is -3.73. The molecule has 0 saturated carbocycles. The summed E-state index contributed by atoms with van der Waals surface area (Å²) in [5.41, 5.74) is 1.21. The number of morpholine rings is 1. The second-order valence-electron chi connectivity index (χ2n) is 7.41. The Hall–Kier alpha value is -2.95. The van der Waals surface area contributed by atoms with Crippen molar-refractivity contribution in [1.82, 2.24) is 14.5 Å². The number of benzene rings is 2. The highest BCUT2D eigenvalue weighted by Crippen LogP contribution is 2.31. The molecule has 1 aliphatic heterocycles. The SMILES string of the molecule is CC(C)Oc1ccc(S(=O)(=O)N2CCOCC2)cc1NC(=O)c1n[nH]c2ccccc12. The normalized spacial score (nSPS) is 15.3. The van der Waals surface area contributed by atoms with Crippen LogP contribution in [0.25, 0.3) is 10.9 Å². The molecule has 2 aromatic carbocycles. The fraction of sp³-hybridized carbons (Fsp3) is 0.333. The van der Waals surface area contributed by atoms with Crippen molar-refractivity contribution in [2.75, 3.05) is 31.6 Å². The molecule has 0 atom stereocenters. The smallest absolute Gasteiger partial charge is 0.276 e. The molecular weight excluding hydrogens is 420 g/mol. The molecule has 2 heterocycles. The molecule has 10 heteroatoms. The van der Waals surface area contributed by atoms with Crippen molar-refractivity contribution < 1.29 is 22.7 Å². The lowest BCUT2D eigenvalue weighted by atomic mass is 10.2. The maximum Gasteiger partial charge on any atom is 0.276 e. The average Bonchev–Trinajstić information content (AvgIpc) is 3.19. The average molecular weight is 445 g/mol. The number of nitrogens with zero attached hydrogens (tertiary/aromatic N) is 2. The second kappa shape index (κ2) is 8.66. The highest BCUT2D eigenvalue weighted by Gasteiger charge is 2.28. The van der Waals surface area contributed by atoms with E-state index in [1.54, 1.807) is 12.1 Å². The third-order valence-corrected chi connectivity index (χ3v) is 6.75. The van der Waals surface area contributed by atoms with Gasteiger partial charge >= 0.3 is 0 Å². The lowest BCUT2D eigenvalue weighted by Crippen LogP contribution is -2.40. The number of nitrogens with one attached hydrogen (secondary N) is 2. The van der Waals surface area contributed by atoms with Crippen molar-refractivity contribution in [3.63, 3.8) is 0 Å². The zero-order chi connectivity index (χ0) is 22.0. The van der Waals surface area contributed by atoms with E-state index < -0.39 is 15.9 Å². The predicted octanol–water partition coefficient (Wildman–Crippen LogP) is 2.62. The molecule has 0 radical (unpaired) electrons. The minimum absolute atomic E-state index is 0.0766. The van der Waals surface area contributed by atoms with Crippen LogP contribution in [0.2, 0.25) is 0 Å². The van der Waals surface area contributed by atoms with Gasteiger partial charge in [-0.2, -0.15) is 9.40 Å². The summed E-state index contributed by atoms with van der Waals surface area (Å²) in [5, 5.41) is 10.4. The van der Waals surface area contributed by atoms with Gasteiger partial charge in [0, 0.05) is 18.5 Å². The Morgan fingerprint density at radius 1 is 1.19 bits per heavy atom. The van der Waals surface area contributed by atoms with E-state index in [-0.39, 0.29) is 35.5 Å². The van der Waals surface area contributed by atoms with Crippen molar-refractivity contribution in [1.29, 1.82) is 0 Å². The number of carbonyl (C=O) groups is 1. The van der Waals surface area contributed by atoms with Gasteiger partial charge in [0.1, 0.15) is 5.75 Å². The molecule has 2 N–H and O–H groups in total. The van der Waals surface area contributed by atoms with Crippen molar-refractivity contribution >= 4 is 32.5 Å². The fourth-order valence-electron chi connectivity index (χ4n) is 3.38. The Bertz CT molecular complexity index is 1200. The number of hydrogen-bond donors (Lipinski definition) is 2. The molecule has 164 valence electrons. The van der Waals surface area contributed by atoms with Crippen LogP contribution in [0.1, 0.15) is 24.3 Å². The van der Waals surface area contributed by atoms with Crippen molar-refractivity contribution in [2.45, 2.75) is 24.8 Å². The van der Waals surface area contributed by atoms with Crippen molar-refractivity contribution in [2.24, 2.45) is 0 Å². The number of carbonyl (C=O) groups excluding carboxylic acids is 1. The van der Waals surface area contributed by atoms with Crippen LogP contribution >= 0.6 is 0 Å².